The zero-order valence-corrected chi connectivity index (χ0v) is 20.3. The SMILES string of the molecule is O=C(O)Oc1cccc(-c2cnc(C(=O)CCc3ccc(-c4ccc(CN5CCCC5)cc4)cc3)o2)n1. The molecule has 0 unspecified atom stereocenters. The molecular formula is C29H27N3O5. The number of rotatable bonds is 9. The van der Waals surface area contributed by atoms with E-state index in [0.717, 1.165) is 17.7 Å². The molecule has 1 saturated heterocycles. The Morgan fingerprint density at radius 3 is 2.27 bits per heavy atom. The Morgan fingerprint density at radius 1 is 0.919 bits per heavy atom. The first-order valence-electron chi connectivity index (χ1n) is 12.3. The van der Waals surface area contributed by atoms with Crippen molar-refractivity contribution >= 4 is 11.9 Å². The third-order valence-electron chi connectivity index (χ3n) is 6.40. The van der Waals surface area contributed by atoms with Crippen LogP contribution in [0.25, 0.3) is 22.6 Å². The fourth-order valence-corrected chi connectivity index (χ4v) is 4.45. The molecule has 5 rings (SSSR count). The monoisotopic (exact) mass is 497 g/mol. The Bertz CT molecular complexity index is 1370. The maximum absolute atomic E-state index is 12.6. The lowest BCUT2D eigenvalue weighted by atomic mass is 10.0. The molecule has 0 amide bonds. The molecule has 37 heavy (non-hydrogen) atoms. The van der Waals surface area contributed by atoms with E-state index in [4.69, 9.17) is 9.52 Å². The lowest BCUT2D eigenvalue weighted by Crippen LogP contribution is -2.18. The predicted octanol–water partition coefficient (Wildman–Crippen LogP) is 5.87. The van der Waals surface area contributed by atoms with Crippen molar-refractivity contribution in [3.63, 3.8) is 0 Å². The van der Waals surface area contributed by atoms with Crippen molar-refractivity contribution < 1.29 is 23.8 Å². The van der Waals surface area contributed by atoms with E-state index in [1.807, 2.05) is 12.1 Å². The Hall–Kier alpha value is -4.30. The molecule has 8 nitrogen and oxygen atoms in total. The van der Waals surface area contributed by atoms with Crippen molar-refractivity contribution in [1.29, 1.82) is 0 Å². The Morgan fingerprint density at radius 2 is 1.59 bits per heavy atom. The summed E-state index contributed by atoms with van der Waals surface area (Å²) in [5, 5.41) is 8.74. The van der Waals surface area contributed by atoms with Crippen LogP contribution in [0.4, 0.5) is 4.79 Å². The van der Waals surface area contributed by atoms with Crippen molar-refractivity contribution in [3.05, 3.63) is 89.9 Å². The first-order valence-corrected chi connectivity index (χ1v) is 12.3. The number of ether oxygens (including phenoxy) is 1. The van der Waals surface area contributed by atoms with Crippen molar-refractivity contribution in [2.75, 3.05) is 13.1 Å². The molecule has 1 aliphatic heterocycles. The largest absolute Gasteiger partial charge is 0.512 e. The quantitative estimate of drug-likeness (QED) is 0.226. The summed E-state index contributed by atoms with van der Waals surface area (Å²) in [5.41, 5.74) is 5.03. The minimum Gasteiger partial charge on any atom is -0.449 e. The highest BCUT2D eigenvalue weighted by atomic mass is 16.7. The number of ketones is 1. The van der Waals surface area contributed by atoms with Gasteiger partial charge >= 0.3 is 6.16 Å². The smallest absolute Gasteiger partial charge is 0.449 e. The number of nitrogens with zero attached hydrogens (tertiary/aromatic N) is 3. The molecule has 0 spiro atoms. The molecule has 2 aromatic heterocycles. The maximum atomic E-state index is 12.6. The van der Waals surface area contributed by atoms with Crippen LogP contribution in [0.1, 0.15) is 41.1 Å². The molecule has 1 fully saturated rings. The molecule has 0 aliphatic carbocycles. The topological polar surface area (TPSA) is 106 Å². The molecule has 0 radical (unpaired) electrons. The van der Waals surface area contributed by atoms with Gasteiger partial charge < -0.3 is 14.3 Å². The molecule has 1 N–H and O–H groups in total. The van der Waals surface area contributed by atoms with E-state index in [1.54, 1.807) is 12.1 Å². The Labute approximate surface area is 214 Å². The zero-order chi connectivity index (χ0) is 25.6. The molecule has 4 aromatic rings. The number of benzene rings is 2. The molecule has 188 valence electrons. The molecule has 3 heterocycles. The van der Waals surface area contributed by atoms with Gasteiger partial charge in [0.05, 0.1) is 6.20 Å². The second-order valence-corrected chi connectivity index (χ2v) is 9.06. The minimum absolute atomic E-state index is 0.00741. The van der Waals surface area contributed by atoms with Crippen LogP contribution >= 0.6 is 0 Å². The summed E-state index contributed by atoms with van der Waals surface area (Å²) in [6, 6.07) is 21.6. The number of pyridine rings is 1. The normalized spacial score (nSPS) is 13.5. The van der Waals surface area contributed by atoms with Crippen LogP contribution in [0.3, 0.4) is 0 Å². The fourth-order valence-electron chi connectivity index (χ4n) is 4.45. The predicted molar refractivity (Wildman–Crippen MR) is 137 cm³/mol. The average molecular weight is 498 g/mol. The third-order valence-corrected chi connectivity index (χ3v) is 6.40. The molecule has 0 saturated carbocycles. The molecule has 0 bridgehead atoms. The number of oxazole rings is 1. The Kier molecular flexibility index (Phi) is 7.37. The summed E-state index contributed by atoms with van der Waals surface area (Å²) in [6.07, 6.45) is 3.34. The van der Waals surface area contributed by atoms with Crippen LogP contribution in [-0.2, 0) is 13.0 Å². The summed E-state index contributed by atoms with van der Waals surface area (Å²) in [6.45, 7) is 3.40. The van der Waals surface area contributed by atoms with Gasteiger partial charge in [-0.3, -0.25) is 9.69 Å². The van der Waals surface area contributed by atoms with Gasteiger partial charge in [-0.05, 0) is 60.7 Å². The highest BCUT2D eigenvalue weighted by molar-refractivity contribution is 5.92. The van der Waals surface area contributed by atoms with Gasteiger partial charge in [-0.15, -0.1) is 0 Å². The number of aromatic nitrogens is 2. The van der Waals surface area contributed by atoms with Crippen molar-refractivity contribution in [2.45, 2.75) is 32.2 Å². The molecular weight excluding hydrogens is 470 g/mol. The lowest BCUT2D eigenvalue weighted by Gasteiger charge is -2.14. The summed E-state index contributed by atoms with van der Waals surface area (Å²) in [7, 11) is 0. The van der Waals surface area contributed by atoms with Crippen LogP contribution in [0.5, 0.6) is 5.88 Å². The lowest BCUT2D eigenvalue weighted by molar-refractivity contribution is 0.0950. The van der Waals surface area contributed by atoms with Gasteiger partial charge in [0.15, 0.2) is 5.76 Å². The zero-order valence-electron chi connectivity index (χ0n) is 20.3. The van der Waals surface area contributed by atoms with Gasteiger partial charge in [0, 0.05) is 19.0 Å². The molecule has 8 heteroatoms. The molecule has 1 aliphatic rings. The van der Waals surface area contributed by atoms with E-state index in [0.29, 0.717) is 12.1 Å². The number of likely N-dealkylation sites (tertiary alicyclic amines) is 1. The standard InChI is InChI=1S/C29H27N3O5/c33-25(28-30-18-26(36-28)24-4-3-5-27(31-24)37-29(34)35)15-10-20-6-11-22(12-7-20)23-13-8-21(9-14-23)19-32-16-1-2-17-32/h3-9,11-14,18H,1-2,10,15-17,19H2,(H,34,35). The van der Waals surface area contributed by atoms with Gasteiger partial charge in [0.2, 0.25) is 11.7 Å². The Balaban J connectivity index is 1.16. The number of carboxylic acid groups (broad SMARTS) is 1. The van der Waals surface area contributed by atoms with Gasteiger partial charge in [-0.1, -0.05) is 54.6 Å². The molecule has 2 aromatic carbocycles. The summed E-state index contributed by atoms with van der Waals surface area (Å²) < 4.78 is 10.1. The summed E-state index contributed by atoms with van der Waals surface area (Å²) in [4.78, 5) is 34.0. The van der Waals surface area contributed by atoms with Gasteiger partial charge in [-0.25, -0.2) is 14.8 Å². The second-order valence-electron chi connectivity index (χ2n) is 9.06. The van der Waals surface area contributed by atoms with Gasteiger partial charge in [-0.2, -0.15) is 0 Å². The number of aryl methyl sites for hydroxylation is 1. The van der Waals surface area contributed by atoms with Crippen LogP contribution in [0.2, 0.25) is 0 Å². The van der Waals surface area contributed by atoms with E-state index in [-0.39, 0.29) is 29.7 Å². The maximum Gasteiger partial charge on any atom is 0.512 e. The van der Waals surface area contributed by atoms with Gasteiger partial charge in [0.25, 0.3) is 5.89 Å². The minimum atomic E-state index is -1.46. The molecule has 0 atom stereocenters. The van der Waals surface area contributed by atoms with Crippen LogP contribution in [0.15, 0.2) is 77.3 Å². The van der Waals surface area contributed by atoms with Crippen molar-refractivity contribution in [2.24, 2.45) is 0 Å². The van der Waals surface area contributed by atoms with Crippen LogP contribution in [-0.4, -0.2) is 45.0 Å². The van der Waals surface area contributed by atoms with Crippen LogP contribution < -0.4 is 4.74 Å². The summed E-state index contributed by atoms with van der Waals surface area (Å²) >= 11 is 0. The highest BCUT2D eigenvalue weighted by Crippen LogP contribution is 2.24. The fraction of sp³-hybridized carbons (Fsp3) is 0.241. The number of hydrogen-bond acceptors (Lipinski definition) is 7. The first kappa shape index (κ1) is 24.4. The van der Waals surface area contributed by atoms with E-state index >= 15 is 0 Å². The highest BCUT2D eigenvalue weighted by Gasteiger charge is 2.16. The van der Waals surface area contributed by atoms with Crippen molar-refractivity contribution in [3.8, 4) is 28.5 Å². The van der Waals surface area contributed by atoms with Gasteiger partial charge in [0.1, 0.15) is 5.69 Å². The second kappa shape index (κ2) is 11.2. The number of Topliss-reactive ketones (excluding diaryl/α,β-unsaturated/α-hetero) is 1. The third kappa shape index (κ3) is 6.29. The van der Waals surface area contributed by atoms with E-state index in [2.05, 4.69) is 56.0 Å². The summed E-state index contributed by atoms with van der Waals surface area (Å²) in [5.74, 6) is -0.0559. The van der Waals surface area contributed by atoms with Crippen LogP contribution in [0, 0.1) is 0 Å². The average Bonchev–Trinajstić information content (AvgIpc) is 3.61. The number of hydrogen-bond donors (Lipinski definition) is 1. The van der Waals surface area contributed by atoms with E-state index in [1.165, 1.54) is 49.3 Å². The van der Waals surface area contributed by atoms with E-state index in [9.17, 15) is 9.59 Å². The van der Waals surface area contributed by atoms with Crippen molar-refractivity contribution in [1.82, 2.24) is 14.9 Å². The number of carbonyl (C=O) groups excluding carboxylic acids is 1. The van der Waals surface area contributed by atoms with E-state index < -0.39 is 6.16 Å². The number of carbonyl (C=O) groups is 2. The first-order chi connectivity index (χ1) is 18.0.